The lowest BCUT2D eigenvalue weighted by atomic mass is 10.0. The van der Waals surface area contributed by atoms with Gasteiger partial charge in [-0.2, -0.15) is 5.26 Å². The third-order valence-corrected chi connectivity index (χ3v) is 7.51. The van der Waals surface area contributed by atoms with E-state index in [0.29, 0.717) is 43.1 Å². The molecule has 2 N–H and O–H groups in total. The van der Waals surface area contributed by atoms with E-state index in [-0.39, 0.29) is 18.9 Å². The van der Waals surface area contributed by atoms with Crippen LogP contribution in [0.4, 0.5) is 4.39 Å². The second kappa shape index (κ2) is 9.76. The third kappa shape index (κ3) is 4.60. The van der Waals surface area contributed by atoms with E-state index in [1.807, 2.05) is 35.2 Å². The number of aromatic nitrogens is 1. The maximum atomic E-state index is 15.0. The predicted molar refractivity (Wildman–Crippen MR) is 134 cm³/mol. The number of fused-ring (bicyclic) bond motifs is 2. The fraction of sp³-hybridized carbons (Fsp3) is 0.357. The van der Waals surface area contributed by atoms with Gasteiger partial charge in [0.1, 0.15) is 29.8 Å². The van der Waals surface area contributed by atoms with E-state index in [4.69, 9.17) is 10.00 Å². The zero-order valence-electron chi connectivity index (χ0n) is 20.5. The van der Waals surface area contributed by atoms with Crippen LogP contribution in [0.1, 0.15) is 41.5 Å². The van der Waals surface area contributed by atoms with Crippen molar-refractivity contribution in [3.05, 3.63) is 70.9 Å². The van der Waals surface area contributed by atoms with Crippen molar-refractivity contribution in [1.29, 1.82) is 5.26 Å². The Bertz CT molecular complexity index is 1470. The van der Waals surface area contributed by atoms with E-state index in [0.717, 1.165) is 22.0 Å². The summed E-state index contributed by atoms with van der Waals surface area (Å²) in [5.41, 5.74) is 3.64. The minimum Gasteiger partial charge on any atom is -0.486 e. The van der Waals surface area contributed by atoms with Crippen molar-refractivity contribution in [1.82, 2.24) is 20.1 Å². The highest BCUT2D eigenvalue weighted by molar-refractivity contribution is 6.00. The van der Waals surface area contributed by atoms with Gasteiger partial charge in [-0.05, 0) is 53.9 Å². The summed E-state index contributed by atoms with van der Waals surface area (Å²) in [5.74, 6) is -0.183. The van der Waals surface area contributed by atoms with Gasteiger partial charge < -0.3 is 9.84 Å². The van der Waals surface area contributed by atoms with E-state index in [2.05, 4.69) is 10.3 Å². The number of hydrogen-bond donors (Lipinski definition) is 2. The summed E-state index contributed by atoms with van der Waals surface area (Å²) < 4.78 is 21.0. The van der Waals surface area contributed by atoms with Crippen LogP contribution in [0.5, 0.6) is 5.75 Å². The zero-order valence-corrected chi connectivity index (χ0v) is 20.5. The Kier molecular flexibility index (Phi) is 6.27. The number of pyridine rings is 1. The molecule has 9 nitrogen and oxygen atoms in total. The molecular formula is C28H26FN5O4. The van der Waals surface area contributed by atoms with Crippen LogP contribution in [-0.2, 0) is 22.7 Å². The summed E-state index contributed by atoms with van der Waals surface area (Å²) in [5, 5.41) is 23.1. The number of aliphatic hydroxyl groups excluding tert-OH is 1. The molecule has 0 radical (unpaired) electrons. The second-order valence-corrected chi connectivity index (χ2v) is 10.1. The van der Waals surface area contributed by atoms with Gasteiger partial charge in [-0.3, -0.25) is 24.7 Å². The molecule has 38 heavy (non-hydrogen) atoms. The summed E-state index contributed by atoms with van der Waals surface area (Å²) in [6.45, 7) is 1.57. The smallest absolute Gasteiger partial charge is 0.244 e. The Balaban J connectivity index is 1.10. The van der Waals surface area contributed by atoms with Gasteiger partial charge in [-0.1, -0.05) is 12.1 Å². The number of benzene rings is 2. The average molecular weight is 516 g/mol. The quantitative estimate of drug-likeness (QED) is 0.497. The molecule has 2 saturated heterocycles. The molecule has 0 bridgehead atoms. The molecule has 3 aromatic rings. The number of amides is 2. The van der Waals surface area contributed by atoms with Crippen molar-refractivity contribution < 1.29 is 23.8 Å². The molecule has 10 heteroatoms. The van der Waals surface area contributed by atoms with Crippen LogP contribution in [-0.4, -0.2) is 63.1 Å². The molecule has 6 rings (SSSR count). The van der Waals surface area contributed by atoms with Gasteiger partial charge in [-0.15, -0.1) is 0 Å². The number of carbonyl (C=O) groups is 2. The highest BCUT2D eigenvalue weighted by Crippen LogP contribution is 2.37. The van der Waals surface area contributed by atoms with Crippen molar-refractivity contribution in [3.8, 4) is 11.8 Å². The van der Waals surface area contributed by atoms with Gasteiger partial charge in [0.2, 0.25) is 11.8 Å². The molecule has 1 aromatic heterocycles. The van der Waals surface area contributed by atoms with Crippen molar-refractivity contribution in [3.63, 3.8) is 0 Å². The number of carbonyl (C=O) groups excluding carboxylic acids is 2. The number of hydrogen-bond acceptors (Lipinski definition) is 8. The summed E-state index contributed by atoms with van der Waals surface area (Å²) in [7, 11) is 0. The summed E-state index contributed by atoms with van der Waals surface area (Å²) in [4.78, 5) is 31.8. The van der Waals surface area contributed by atoms with E-state index in [1.54, 1.807) is 29.2 Å². The van der Waals surface area contributed by atoms with Crippen LogP contribution >= 0.6 is 0 Å². The monoisotopic (exact) mass is 515 g/mol. The number of halogens is 1. The number of imide groups is 1. The zero-order chi connectivity index (χ0) is 26.4. The van der Waals surface area contributed by atoms with Crippen LogP contribution in [0.25, 0.3) is 10.9 Å². The van der Waals surface area contributed by atoms with Gasteiger partial charge in [-0.25, -0.2) is 9.37 Å². The van der Waals surface area contributed by atoms with Crippen molar-refractivity contribution in [2.75, 3.05) is 13.1 Å². The Morgan fingerprint density at radius 1 is 1.16 bits per heavy atom. The van der Waals surface area contributed by atoms with Crippen LogP contribution < -0.4 is 10.1 Å². The fourth-order valence-electron chi connectivity index (χ4n) is 5.60. The number of ether oxygens (including phenoxy) is 1. The number of nitriles is 1. The molecule has 2 amide bonds. The van der Waals surface area contributed by atoms with Gasteiger partial charge in [0.25, 0.3) is 0 Å². The predicted octanol–water partition coefficient (Wildman–Crippen LogP) is 2.32. The SMILES string of the molecule is N#Cc1ccc2cc(CN3C[C@@H](F)[C@H](Oc4ccc5c(c4)CN(C4CCC(=O)NC4=O)C5O)C3)ccc2n1. The Labute approximate surface area is 218 Å². The average Bonchev–Trinajstić information content (AvgIpc) is 3.41. The van der Waals surface area contributed by atoms with E-state index < -0.39 is 30.5 Å². The first-order valence-electron chi connectivity index (χ1n) is 12.6. The Hall–Kier alpha value is -3.91. The molecule has 2 aromatic carbocycles. The standard InChI is InChI=1S/C28H26FN5O4/c29-22-14-33(12-16-1-6-23-17(9-16)2-3-19(11-30)31-23)15-25(22)38-20-4-5-21-18(10-20)13-34(28(21)37)24-7-8-26(35)32-27(24)36/h1-6,9-10,22,24-25,28,37H,7-8,12-15H2,(H,32,35,36)/t22-,24?,25-,28?/m1/s1. The molecule has 3 aliphatic rings. The van der Waals surface area contributed by atoms with Crippen LogP contribution in [0.15, 0.2) is 48.5 Å². The van der Waals surface area contributed by atoms with Crippen LogP contribution in [0.3, 0.4) is 0 Å². The van der Waals surface area contributed by atoms with Crippen molar-refractivity contribution >= 4 is 22.7 Å². The normalized spacial score (nSPS) is 25.8. The molecular weight excluding hydrogens is 489 g/mol. The van der Waals surface area contributed by atoms with Crippen LogP contribution in [0, 0.1) is 11.3 Å². The first kappa shape index (κ1) is 24.4. The Morgan fingerprint density at radius 3 is 2.84 bits per heavy atom. The van der Waals surface area contributed by atoms with E-state index >= 15 is 0 Å². The lowest BCUT2D eigenvalue weighted by Crippen LogP contribution is -2.51. The highest BCUT2D eigenvalue weighted by atomic mass is 19.1. The molecule has 194 valence electrons. The number of rotatable bonds is 5. The number of alkyl halides is 1. The number of likely N-dealkylation sites (tertiary alicyclic amines) is 1. The number of nitrogens with zero attached hydrogens (tertiary/aromatic N) is 4. The van der Waals surface area contributed by atoms with Gasteiger partial charge in [0, 0.05) is 43.5 Å². The van der Waals surface area contributed by atoms with Gasteiger partial charge in [0.15, 0.2) is 6.17 Å². The summed E-state index contributed by atoms with van der Waals surface area (Å²) in [6, 6.07) is 16.1. The largest absolute Gasteiger partial charge is 0.486 e. The lowest BCUT2D eigenvalue weighted by Gasteiger charge is -2.31. The number of nitrogens with one attached hydrogen (secondary N) is 1. The molecule has 4 atom stereocenters. The van der Waals surface area contributed by atoms with E-state index in [9.17, 15) is 19.1 Å². The maximum absolute atomic E-state index is 15.0. The molecule has 2 unspecified atom stereocenters. The number of aliphatic hydroxyl groups is 1. The molecule has 3 aliphatic heterocycles. The molecule has 0 aliphatic carbocycles. The van der Waals surface area contributed by atoms with Crippen LogP contribution in [0.2, 0.25) is 0 Å². The first-order chi connectivity index (χ1) is 18.4. The highest BCUT2D eigenvalue weighted by Gasteiger charge is 2.40. The minimum atomic E-state index is -1.16. The fourth-order valence-corrected chi connectivity index (χ4v) is 5.60. The third-order valence-electron chi connectivity index (χ3n) is 7.51. The van der Waals surface area contributed by atoms with Gasteiger partial charge >= 0.3 is 0 Å². The lowest BCUT2D eigenvalue weighted by molar-refractivity contribution is -0.141. The first-order valence-corrected chi connectivity index (χ1v) is 12.6. The summed E-state index contributed by atoms with van der Waals surface area (Å²) in [6.07, 6.45) is -2.16. The topological polar surface area (TPSA) is 119 Å². The minimum absolute atomic E-state index is 0.235. The molecule has 2 fully saturated rings. The Morgan fingerprint density at radius 2 is 2.03 bits per heavy atom. The maximum Gasteiger partial charge on any atom is 0.244 e. The molecule has 0 spiro atoms. The van der Waals surface area contributed by atoms with E-state index in [1.165, 1.54) is 0 Å². The van der Waals surface area contributed by atoms with Crippen molar-refractivity contribution in [2.24, 2.45) is 0 Å². The number of piperidine rings is 1. The summed E-state index contributed by atoms with van der Waals surface area (Å²) >= 11 is 0. The second-order valence-electron chi connectivity index (χ2n) is 10.1. The van der Waals surface area contributed by atoms with Crippen molar-refractivity contribution in [2.45, 2.75) is 50.5 Å². The van der Waals surface area contributed by atoms with Gasteiger partial charge in [0.05, 0.1) is 11.6 Å². The molecule has 0 saturated carbocycles. The molecule has 4 heterocycles.